The van der Waals surface area contributed by atoms with Crippen molar-refractivity contribution in [3.05, 3.63) is 22.4 Å². The van der Waals surface area contributed by atoms with E-state index < -0.39 is 0 Å². The number of nitrogens with zero attached hydrogens (tertiary/aromatic N) is 1. The maximum atomic E-state index is 5.58. The molecule has 1 aromatic heterocycles. The molecule has 0 bridgehead atoms. The fraction of sp³-hybridized carbons (Fsp3) is 0.167. The van der Waals surface area contributed by atoms with Gasteiger partial charge in [-0.2, -0.15) is 0 Å². The highest BCUT2D eigenvalue weighted by Crippen LogP contribution is 2.14. The van der Waals surface area contributed by atoms with E-state index in [1.54, 1.807) is 12.3 Å². The molecule has 0 fully saturated rings. The van der Waals surface area contributed by atoms with Gasteiger partial charge in [0.15, 0.2) is 0 Å². The van der Waals surface area contributed by atoms with Crippen molar-refractivity contribution >= 4 is 21.6 Å². The van der Waals surface area contributed by atoms with E-state index in [1.165, 1.54) is 0 Å². The predicted octanol–water partition coefficient (Wildman–Crippen LogP) is 0.885. The molecule has 0 aliphatic rings. The minimum Gasteiger partial charge on any atom is -0.398 e. The third kappa shape index (κ3) is 1.46. The van der Waals surface area contributed by atoms with Crippen LogP contribution in [-0.2, 0) is 6.54 Å². The summed E-state index contributed by atoms with van der Waals surface area (Å²) in [6, 6.07) is 1.74. The lowest BCUT2D eigenvalue weighted by Crippen LogP contribution is -2.01. The summed E-state index contributed by atoms with van der Waals surface area (Å²) in [5.41, 5.74) is 12.5. The molecule has 0 radical (unpaired) electrons. The van der Waals surface area contributed by atoms with Crippen LogP contribution in [0.25, 0.3) is 0 Å². The van der Waals surface area contributed by atoms with Crippen LogP contribution < -0.4 is 11.5 Å². The zero-order valence-corrected chi connectivity index (χ0v) is 6.93. The zero-order chi connectivity index (χ0) is 7.56. The number of nitrogen functional groups attached to an aromatic ring is 1. The highest BCUT2D eigenvalue weighted by Gasteiger charge is 1.96. The number of aromatic nitrogens is 1. The standard InChI is InChI=1S/C6H8BrN3/c7-6-1-5(9)4(2-8)3-10-6/h1,3H,2,8H2,(H2,9,10). The summed E-state index contributed by atoms with van der Waals surface area (Å²) >= 11 is 3.19. The molecule has 54 valence electrons. The molecule has 0 saturated carbocycles. The Morgan fingerprint density at radius 3 is 2.80 bits per heavy atom. The SMILES string of the molecule is NCc1cnc(Br)cc1N. The van der Waals surface area contributed by atoms with E-state index in [0.717, 1.165) is 10.2 Å². The minimum absolute atomic E-state index is 0.437. The summed E-state index contributed by atoms with van der Waals surface area (Å²) in [5.74, 6) is 0. The van der Waals surface area contributed by atoms with E-state index in [-0.39, 0.29) is 0 Å². The van der Waals surface area contributed by atoms with E-state index in [9.17, 15) is 0 Å². The van der Waals surface area contributed by atoms with Crippen LogP contribution in [0.1, 0.15) is 5.56 Å². The Morgan fingerprint density at radius 1 is 1.60 bits per heavy atom. The van der Waals surface area contributed by atoms with Gasteiger partial charge in [0, 0.05) is 24.0 Å². The van der Waals surface area contributed by atoms with Crippen molar-refractivity contribution in [2.45, 2.75) is 6.54 Å². The summed E-state index contributed by atoms with van der Waals surface area (Å²) in [5, 5.41) is 0. The van der Waals surface area contributed by atoms with Crippen LogP contribution in [0.5, 0.6) is 0 Å². The lowest BCUT2D eigenvalue weighted by molar-refractivity contribution is 1.05. The Kier molecular flexibility index (Phi) is 2.24. The molecule has 0 aromatic carbocycles. The third-order valence-corrected chi connectivity index (χ3v) is 1.64. The Morgan fingerprint density at radius 2 is 2.30 bits per heavy atom. The summed E-state index contributed by atoms with van der Waals surface area (Å²) in [6.45, 7) is 0.437. The van der Waals surface area contributed by atoms with E-state index >= 15 is 0 Å². The lowest BCUT2D eigenvalue weighted by atomic mass is 10.2. The van der Waals surface area contributed by atoms with Crippen molar-refractivity contribution in [3.63, 3.8) is 0 Å². The monoisotopic (exact) mass is 201 g/mol. The fourth-order valence-electron chi connectivity index (χ4n) is 0.643. The van der Waals surface area contributed by atoms with Crippen molar-refractivity contribution in [2.75, 3.05) is 5.73 Å². The normalized spacial score (nSPS) is 9.80. The molecule has 1 heterocycles. The fourth-order valence-corrected chi connectivity index (χ4v) is 0.992. The summed E-state index contributed by atoms with van der Waals surface area (Å²) in [4.78, 5) is 3.97. The van der Waals surface area contributed by atoms with E-state index in [2.05, 4.69) is 20.9 Å². The Hall–Kier alpha value is -0.610. The molecule has 3 nitrogen and oxygen atoms in total. The number of anilines is 1. The summed E-state index contributed by atoms with van der Waals surface area (Å²) in [7, 11) is 0. The second-order valence-electron chi connectivity index (χ2n) is 1.91. The molecule has 0 saturated heterocycles. The van der Waals surface area contributed by atoms with Crippen molar-refractivity contribution < 1.29 is 0 Å². The molecular weight excluding hydrogens is 194 g/mol. The van der Waals surface area contributed by atoms with Crippen LogP contribution in [0, 0.1) is 0 Å². The molecule has 4 N–H and O–H groups in total. The third-order valence-electron chi connectivity index (χ3n) is 1.21. The highest BCUT2D eigenvalue weighted by atomic mass is 79.9. The van der Waals surface area contributed by atoms with Crippen LogP contribution in [0.2, 0.25) is 0 Å². The summed E-state index contributed by atoms with van der Waals surface area (Å²) < 4.78 is 0.738. The van der Waals surface area contributed by atoms with E-state index in [1.807, 2.05) is 0 Å². The minimum atomic E-state index is 0.437. The number of hydrogen-bond donors (Lipinski definition) is 2. The number of pyridine rings is 1. The molecule has 0 aliphatic carbocycles. The topological polar surface area (TPSA) is 64.9 Å². The van der Waals surface area contributed by atoms with Crippen LogP contribution in [0.15, 0.2) is 16.9 Å². The predicted molar refractivity (Wildman–Crippen MR) is 44.2 cm³/mol. The Labute approximate surface area is 67.6 Å². The molecule has 0 amide bonds. The van der Waals surface area contributed by atoms with Gasteiger partial charge in [-0.25, -0.2) is 4.98 Å². The van der Waals surface area contributed by atoms with Gasteiger partial charge in [-0.1, -0.05) is 0 Å². The first-order chi connectivity index (χ1) is 4.74. The maximum Gasteiger partial charge on any atom is 0.108 e. The van der Waals surface area contributed by atoms with Gasteiger partial charge in [0.2, 0.25) is 0 Å². The molecule has 1 rings (SSSR count). The van der Waals surface area contributed by atoms with E-state index in [4.69, 9.17) is 11.5 Å². The number of hydrogen-bond acceptors (Lipinski definition) is 3. The van der Waals surface area contributed by atoms with Crippen molar-refractivity contribution in [3.8, 4) is 0 Å². The molecular formula is C6H8BrN3. The van der Waals surface area contributed by atoms with Gasteiger partial charge >= 0.3 is 0 Å². The molecule has 1 aromatic rings. The van der Waals surface area contributed by atoms with Gasteiger partial charge in [0.1, 0.15) is 4.60 Å². The van der Waals surface area contributed by atoms with Crippen LogP contribution in [-0.4, -0.2) is 4.98 Å². The molecule has 4 heteroatoms. The largest absolute Gasteiger partial charge is 0.398 e. The molecule has 10 heavy (non-hydrogen) atoms. The average Bonchev–Trinajstić information content (AvgIpc) is 1.88. The van der Waals surface area contributed by atoms with Crippen molar-refractivity contribution in [1.82, 2.24) is 4.98 Å². The summed E-state index contributed by atoms with van der Waals surface area (Å²) in [6.07, 6.45) is 1.67. The van der Waals surface area contributed by atoms with Crippen LogP contribution in [0.3, 0.4) is 0 Å². The second-order valence-corrected chi connectivity index (χ2v) is 2.72. The Bertz CT molecular complexity index is 236. The smallest absolute Gasteiger partial charge is 0.108 e. The quantitative estimate of drug-likeness (QED) is 0.664. The first kappa shape index (κ1) is 7.50. The maximum absolute atomic E-state index is 5.58. The van der Waals surface area contributed by atoms with Crippen molar-refractivity contribution in [2.24, 2.45) is 5.73 Å². The Balaban J connectivity index is 3.07. The molecule has 0 atom stereocenters. The van der Waals surface area contributed by atoms with E-state index in [0.29, 0.717) is 12.2 Å². The average molecular weight is 202 g/mol. The number of nitrogens with two attached hydrogens (primary N) is 2. The number of halogens is 1. The highest BCUT2D eigenvalue weighted by molar-refractivity contribution is 9.10. The first-order valence-corrected chi connectivity index (χ1v) is 3.63. The second kappa shape index (κ2) is 2.98. The zero-order valence-electron chi connectivity index (χ0n) is 5.34. The molecule has 0 spiro atoms. The van der Waals surface area contributed by atoms with Gasteiger partial charge in [-0.3, -0.25) is 0 Å². The van der Waals surface area contributed by atoms with Gasteiger partial charge in [0.25, 0.3) is 0 Å². The molecule has 0 unspecified atom stereocenters. The van der Waals surface area contributed by atoms with Gasteiger partial charge in [0.05, 0.1) is 0 Å². The first-order valence-electron chi connectivity index (χ1n) is 2.84. The lowest BCUT2D eigenvalue weighted by Gasteiger charge is -2.00. The van der Waals surface area contributed by atoms with Gasteiger partial charge < -0.3 is 11.5 Å². The van der Waals surface area contributed by atoms with Gasteiger partial charge in [-0.15, -0.1) is 0 Å². The van der Waals surface area contributed by atoms with Crippen LogP contribution in [0.4, 0.5) is 5.69 Å². The van der Waals surface area contributed by atoms with Gasteiger partial charge in [-0.05, 0) is 22.0 Å². The molecule has 0 aliphatic heterocycles. The van der Waals surface area contributed by atoms with Crippen LogP contribution >= 0.6 is 15.9 Å². The van der Waals surface area contributed by atoms with Crippen molar-refractivity contribution in [1.29, 1.82) is 0 Å². The number of rotatable bonds is 1.